The molecule has 0 spiro atoms. The summed E-state index contributed by atoms with van der Waals surface area (Å²) in [5, 5.41) is 3.01. The van der Waals surface area contributed by atoms with Gasteiger partial charge in [-0.1, -0.05) is 26.0 Å². The number of nitrogens with one attached hydrogen (secondary N) is 1. The zero-order valence-electron chi connectivity index (χ0n) is 14.7. The molecule has 1 N–H and O–H groups in total. The van der Waals surface area contributed by atoms with E-state index in [4.69, 9.17) is 4.74 Å². The molecule has 0 saturated heterocycles. The Morgan fingerprint density at radius 3 is 2.67 bits per heavy atom. The number of hydrogen-bond donors (Lipinski definition) is 1. The van der Waals surface area contributed by atoms with Crippen molar-refractivity contribution in [2.75, 3.05) is 19.0 Å². The third-order valence-electron chi connectivity index (χ3n) is 4.68. The molecule has 1 atom stereocenters. The lowest BCUT2D eigenvalue weighted by atomic mass is 9.97. The van der Waals surface area contributed by atoms with Gasteiger partial charge >= 0.3 is 6.03 Å². The van der Waals surface area contributed by atoms with Crippen LogP contribution in [0, 0.1) is 12.8 Å². The monoisotopic (exact) mass is 327 g/mol. The molecule has 1 aromatic heterocycles. The maximum absolute atomic E-state index is 12.9. The van der Waals surface area contributed by atoms with Gasteiger partial charge in [-0.3, -0.25) is 0 Å². The molecule has 0 fully saturated rings. The van der Waals surface area contributed by atoms with E-state index in [0.29, 0.717) is 23.9 Å². The number of nitrogens with zero attached hydrogens (tertiary/aromatic N) is 2. The summed E-state index contributed by atoms with van der Waals surface area (Å²) < 4.78 is 7.65. The van der Waals surface area contributed by atoms with Gasteiger partial charge < -0.3 is 19.5 Å². The maximum atomic E-state index is 12.9. The van der Waals surface area contributed by atoms with Crippen LogP contribution in [0.5, 0.6) is 5.75 Å². The highest BCUT2D eigenvalue weighted by atomic mass is 16.5. The Morgan fingerprint density at radius 2 is 1.96 bits per heavy atom. The number of methoxy groups -OCH3 is 1. The average molecular weight is 327 g/mol. The first-order valence-corrected chi connectivity index (χ1v) is 8.39. The van der Waals surface area contributed by atoms with Crippen molar-refractivity contribution >= 4 is 11.7 Å². The standard InChI is InChI=1S/C19H25N3O2/c1-13(2)18-16-10-9-14(3)21(16)11-12-22(18)19(23)20-15-7-5-6-8-17(15)24-4/h5-10,13,18H,11-12H2,1-4H3,(H,20,23)/t18-/m1/s1. The summed E-state index contributed by atoms with van der Waals surface area (Å²) in [5.74, 6) is 1.00. The van der Waals surface area contributed by atoms with E-state index in [1.54, 1.807) is 7.11 Å². The summed E-state index contributed by atoms with van der Waals surface area (Å²) in [6.07, 6.45) is 0. The summed E-state index contributed by atoms with van der Waals surface area (Å²) in [7, 11) is 1.61. The fraction of sp³-hybridized carbons (Fsp3) is 0.421. The van der Waals surface area contributed by atoms with Gasteiger partial charge in [0, 0.05) is 24.5 Å². The number of aryl methyl sites for hydroxylation is 1. The first-order valence-electron chi connectivity index (χ1n) is 8.39. The van der Waals surface area contributed by atoms with Crippen LogP contribution < -0.4 is 10.1 Å². The molecule has 5 nitrogen and oxygen atoms in total. The summed E-state index contributed by atoms with van der Waals surface area (Å²) in [4.78, 5) is 14.9. The number of anilines is 1. The number of aromatic nitrogens is 1. The summed E-state index contributed by atoms with van der Waals surface area (Å²) >= 11 is 0. The second kappa shape index (κ2) is 6.59. The van der Waals surface area contributed by atoms with Crippen molar-refractivity contribution in [1.82, 2.24) is 9.47 Å². The van der Waals surface area contributed by atoms with E-state index in [9.17, 15) is 4.79 Å². The van der Waals surface area contributed by atoms with Crippen molar-refractivity contribution in [3.8, 4) is 5.75 Å². The molecule has 24 heavy (non-hydrogen) atoms. The molecule has 0 radical (unpaired) electrons. The van der Waals surface area contributed by atoms with Crippen LogP contribution >= 0.6 is 0 Å². The Labute approximate surface area is 143 Å². The highest BCUT2D eigenvalue weighted by molar-refractivity contribution is 5.91. The van der Waals surface area contributed by atoms with Crippen LogP contribution in [0.2, 0.25) is 0 Å². The lowest BCUT2D eigenvalue weighted by Crippen LogP contribution is -2.46. The van der Waals surface area contributed by atoms with Crippen LogP contribution in [-0.2, 0) is 6.54 Å². The smallest absolute Gasteiger partial charge is 0.322 e. The zero-order valence-corrected chi connectivity index (χ0v) is 14.7. The fourth-order valence-electron chi connectivity index (χ4n) is 3.52. The molecule has 5 heteroatoms. The molecule has 1 aromatic carbocycles. The normalized spacial score (nSPS) is 16.9. The topological polar surface area (TPSA) is 46.5 Å². The predicted molar refractivity (Wildman–Crippen MR) is 95.5 cm³/mol. The number of amides is 2. The minimum Gasteiger partial charge on any atom is -0.495 e. The lowest BCUT2D eigenvalue weighted by Gasteiger charge is -2.39. The largest absolute Gasteiger partial charge is 0.495 e. The van der Waals surface area contributed by atoms with Gasteiger partial charge in [-0.25, -0.2) is 4.79 Å². The van der Waals surface area contributed by atoms with Gasteiger partial charge in [-0.2, -0.15) is 0 Å². The van der Waals surface area contributed by atoms with Crippen molar-refractivity contribution in [3.05, 3.63) is 47.8 Å². The van der Waals surface area contributed by atoms with Crippen molar-refractivity contribution in [3.63, 3.8) is 0 Å². The molecule has 0 unspecified atom stereocenters. The van der Waals surface area contributed by atoms with Crippen molar-refractivity contribution < 1.29 is 9.53 Å². The van der Waals surface area contributed by atoms with Gasteiger partial charge in [0.2, 0.25) is 0 Å². The average Bonchev–Trinajstić information content (AvgIpc) is 2.95. The predicted octanol–water partition coefficient (Wildman–Crippen LogP) is 4.05. The van der Waals surface area contributed by atoms with Crippen LogP contribution in [0.3, 0.4) is 0 Å². The third kappa shape index (κ3) is 2.86. The second-order valence-electron chi connectivity index (χ2n) is 6.56. The zero-order chi connectivity index (χ0) is 17.3. The molecule has 0 bridgehead atoms. The molecule has 128 valence electrons. The number of benzene rings is 1. The Kier molecular flexibility index (Phi) is 4.51. The molecule has 2 heterocycles. The van der Waals surface area contributed by atoms with E-state index < -0.39 is 0 Å². The van der Waals surface area contributed by atoms with E-state index in [-0.39, 0.29) is 12.1 Å². The van der Waals surface area contributed by atoms with E-state index in [1.165, 1.54) is 11.4 Å². The highest BCUT2D eigenvalue weighted by Gasteiger charge is 2.33. The Bertz CT molecular complexity index is 736. The van der Waals surface area contributed by atoms with Crippen LogP contribution in [0.15, 0.2) is 36.4 Å². The second-order valence-corrected chi connectivity index (χ2v) is 6.56. The van der Waals surface area contributed by atoms with E-state index in [1.807, 2.05) is 29.2 Å². The van der Waals surface area contributed by atoms with Crippen LogP contribution in [-0.4, -0.2) is 29.2 Å². The number of urea groups is 1. The van der Waals surface area contributed by atoms with Gasteiger partial charge in [0.15, 0.2) is 0 Å². The lowest BCUT2D eigenvalue weighted by molar-refractivity contribution is 0.143. The number of para-hydroxylation sites is 2. The molecule has 1 aliphatic heterocycles. The highest BCUT2D eigenvalue weighted by Crippen LogP contribution is 2.34. The van der Waals surface area contributed by atoms with Gasteiger partial charge in [0.25, 0.3) is 0 Å². The maximum Gasteiger partial charge on any atom is 0.322 e. The third-order valence-corrected chi connectivity index (χ3v) is 4.68. The first-order chi connectivity index (χ1) is 11.5. The number of carbonyl (C=O) groups excluding carboxylic acids is 1. The summed E-state index contributed by atoms with van der Waals surface area (Å²) in [6.45, 7) is 7.96. The molecule has 1 aliphatic rings. The molecule has 0 saturated carbocycles. The Balaban J connectivity index is 1.86. The Morgan fingerprint density at radius 1 is 1.21 bits per heavy atom. The van der Waals surface area contributed by atoms with E-state index >= 15 is 0 Å². The number of rotatable bonds is 3. The minimum absolute atomic E-state index is 0.0714. The number of carbonyl (C=O) groups is 1. The van der Waals surface area contributed by atoms with Crippen LogP contribution in [0.4, 0.5) is 10.5 Å². The van der Waals surface area contributed by atoms with Crippen molar-refractivity contribution in [2.45, 2.75) is 33.4 Å². The van der Waals surface area contributed by atoms with E-state index in [2.05, 4.69) is 42.8 Å². The SMILES string of the molecule is COc1ccccc1NC(=O)N1CCn2c(C)ccc2[C@H]1C(C)C. The van der Waals surface area contributed by atoms with Gasteiger partial charge in [0.1, 0.15) is 5.75 Å². The number of ether oxygens (including phenoxy) is 1. The molecular weight excluding hydrogens is 302 g/mol. The molecule has 2 amide bonds. The van der Waals surface area contributed by atoms with E-state index in [0.717, 1.165) is 6.54 Å². The molecule has 2 aromatic rings. The molecular formula is C19H25N3O2. The van der Waals surface area contributed by atoms with Gasteiger partial charge in [0.05, 0.1) is 18.8 Å². The van der Waals surface area contributed by atoms with Crippen molar-refractivity contribution in [2.24, 2.45) is 5.92 Å². The summed E-state index contributed by atoms with van der Waals surface area (Å²) in [6, 6.07) is 11.8. The minimum atomic E-state index is -0.0803. The quantitative estimate of drug-likeness (QED) is 0.924. The van der Waals surface area contributed by atoms with Gasteiger partial charge in [-0.15, -0.1) is 0 Å². The van der Waals surface area contributed by atoms with Crippen LogP contribution in [0.1, 0.15) is 31.3 Å². The van der Waals surface area contributed by atoms with Crippen LogP contribution in [0.25, 0.3) is 0 Å². The van der Waals surface area contributed by atoms with Crippen molar-refractivity contribution in [1.29, 1.82) is 0 Å². The number of fused-ring (bicyclic) bond motifs is 1. The van der Waals surface area contributed by atoms with Gasteiger partial charge in [-0.05, 0) is 37.1 Å². The molecule has 0 aliphatic carbocycles. The molecule has 3 rings (SSSR count). The summed E-state index contributed by atoms with van der Waals surface area (Å²) in [5.41, 5.74) is 3.16. The Hall–Kier alpha value is -2.43. The fourth-order valence-corrected chi connectivity index (χ4v) is 3.52. The number of hydrogen-bond acceptors (Lipinski definition) is 2. The first kappa shape index (κ1) is 16.4.